The summed E-state index contributed by atoms with van der Waals surface area (Å²) in [6.07, 6.45) is 1.24. The fourth-order valence-corrected chi connectivity index (χ4v) is 1.40. The maximum Gasteiger partial charge on any atom is 0.264 e. The second-order valence-corrected chi connectivity index (χ2v) is 2.91. The molecule has 2 aromatic rings. The van der Waals surface area contributed by atoms with Crippen LogP contribution in [0.1, 0.15) is 6.92 Å². The first-order valence-corrected chi connectivity index (χ1v) is 4.17. The maximum atomic E-state index is 13.3. The number of H-pyrrole nitrogens is 1. The molecular formula is C8H9FN4O. The molecule has 2 rings (SSSR count). The minimum Gasteiger partial charge on any atom is -0.369 e. The third-order valence-electron chi connectivity index (χ3n) is 2.04. The lowest BCUT2D eigenvalue weighted by Gasteiger charge is -1.98. The number of nitrogen functional groups attached to an aromatic ring is 1. The summed E-state index contributed by atoms with van der Waals surface area (Å²) in [6.45, 7) is 2.37. The second-order valence-electron chi connectivity index (χ2n) is 2.91. The minimum absolute atomic E-state index is 0.00435. The average molecular weight is 196 g/mol. The van der Waals surface area contributed by atoms with Crippen LogP contribution in [-0.4, -0.2) is 14.5 Å². The molecule has 0 fully saturated rings. The van der Waals surface area contributed by atoms with Crippen LogP contribution >= 0.6 is 0 Å². The first kappa shape index (κ1) is 8.74. The number of halogens is 1. The van der Waals surface area contributed by atoms with Crippen LogP contribution in [0.5, 0.6) is 0 Å². The molecule has 0 bridgehead atoms. The van der Waals surface area contributed by atoms with Gasteiger partial charge in [-0.1, -0.05) is 0 Å². The van der Waals surface area contributed by atoms with Gasteiger partial charge in [0.2, 0.25) is 5.95 Å². The first-order chi connectivity index (χ1) is 6.63. The molecule has 0 atom stereocenters. The van der Waals surface area contributed by atoms with Gasteiger partial charge in [0, 0.05) is 12.7 Å². The molecule has 0 aromatic carbocycles. The summed E-state index contributed by atoms with van der Waals surface area (Å²) in [6, 6.07) is 0. The van der Waals surface area contributed by atoms with Crippen molar-refractivity contribution in [2.75, 3.05) is 5.73 Å². The Morgan fingerprint density at radius 3 is 3.07 bits per heavy atom. The number of nitrogens with two attached hydrogens (primary N) is 1. The van der Waals surface area contributed by atoms with Crippen LogP contribution in [0.2, 0.25) is 0 Å². The van der Waals surface area contributed by atoms with E-state index in [1.165, 1.54) is 10.8 Å². The van der Waals surface area contributed by atoms with Gasteiger partial charge in [0.05, 0.1) is 0 Å². The lowest BCUT2D eigenvalue weighted by atomic mass is 10.4. The number of hydrogen-bond acceptors (Lipinski definition) is 3. The number of fused-ring (bicyclic) bond motifs is 1. The normalized spacial score (nSPS) is 11.0. The molecule has 3 N–H and O–H groups in total. The van der Waals surface area contributed by atoms with Crippen molar-refractivity contribution in [2.45, 2.75) is 13.5 Å². The smallest absolute Gasteiger partial charge is 0.264 e. The number of anilines is 1. The van der Waals surface area contributed by atoms with E-state index >= 15 is 0 Å². The molecule has 2 aromatic heterocycles. The molecule has 14 heavy (non-hydrogen) atoms. The van der Waals surface area contributed by atoms with E-state index in [4.69, 9.17) is 5.73 Å². The van der Waals surface area contributed by atoms with Gasteiger partial charge in [0.15, 0.2) is 11.5 Å². The number of hydrogen-bond donors (Lipinski definition) is 2. The summed E-state index contributed by atoms with van der Waals surface area (Å²) >= 11 is 0. The molecule has 74 valence electrons. The van der Waals surface area contributed by atoms with Crippen LogP contribution in [0.3, 0.4) is 0 Å². The molecule has 0 aliphatic rings. The van der Waals surface area contributed by atoms with Crippen LogP contribution in [-0.2, 0) is 6.54 Å². The molecule has 0 radical (unpaired) electrons. The van der Waals surface area contributed by atoms with Crippen LogP contribution in [0, 0.1) is 5.82 Å². The lowest BCUT2D eigenvalue weighted by molar-refractivity contribution is 0.626. The Bertz CT molecular complexity index is 542. The predicted octanol–water partition coefficient (Wildman–Crippen LogP) is 0.466. The van der Waals surface area contributed by atoms with Crippen LogP contribution in [0.4, 0.5) is 10.3 Å². The highest BCUT2D eigenvalue weighted by Crippen LogP contribution is 2.14. The predicted molar refractivity (Wildman–Crippen MR) is 50.4 cm³/mol. The zero-order valence-electron chi connectivity index (χ0n) is 7.54. The number of nitrogens with one attached hydrogen (secondary N) is 1. The number of rotatable bonds is 1. The molecule has 0 aliphatic carbocycles. The number of aryl methyl sites for hydroxylation is 1. The Labute approximate surface area is 78.4 Å². The first-order valence-electron chi connectivity index (χ1n) is 4.17. The van der Waals surface area contributed by atoms with Gasteiger partial charge in [0.1, 0.15) is 5.39 Å². The Hall–Kier alpha value is -1.85. The summed E-state index contributed by atoms with van der Waals surface area (Å²) in [5.74, 6) is -0.578. The zero-order valence-corrected chi connectivity index (χ0v) is 7.54. The number of aromatic nitrogens is 3. The quantitative estimate of drug-likeness (QED) is 0.695. The van der Waals surface area contributed by atoms with E-state index in [2.05, 4.69) is 9.97 Å². The Kier molecular flexibility index (Phi) is 1.77. The molecule has 5 nitrogen and oxygen atoms in total. The number of aromatic amines is 1. The van der Waals surface area contributed by atoms with Gasteiger partial charge in [-0.15, -0.1) is 0 Å². The van der Waals surface area contributed by atoms with E-state index in [9.17, 15) is 9.18 Å². The molecule has 0 saturated carbocycles. The van der Waals surface area contributed by atoms with Crippen LogP contribution in [0.15, 0.2) is 11.0 Å². The van der Waals surface area contributed by atoms with Gasteiger partial charge in [-0.2, -0.15) is 4.98 Å². The molecule has 0 aliphatic heterocycles. The molecule has 0 unspecified atom stereocenters. The van der Waals surface area contributed by atoms with Crippen molar-refractivity contribution in [3.63, 3.8) is 0 Å². The maximum absolute atomic E-state index is 13.3. The Morgan fingerprint density at radius 1 is 1.71 bits per heavy atom. The van der Waals surface area contributed by atoms with Crippen molar-refractivity contribution in [1.29, 1.82) is 0 Å². The molecule has 0 amide bonds. The van der Waals surface area contributed by atoms with Crippen molar-refractivity contribution < 1.29 is 4.39 Å². The second kappa shape index (κ2) is 2.83. The van der Waals surface area contributed by atoms with E-state index in [1.54, 1.807) is 0 Å². The monoisotopic (exact) mass is 196 g/mol. The highest BCUT2D eigenvalue weighted by molar-refractivity contribution is 5.76. The van der Waals surface area contributed by atoms with Gasteiger partial charge in [-0.05, 0) is 6.92 Å². The van der Waals surface area contributed by atoms with Gasteiger partial charge in [0.25, 0.3) is 5.56 Å². The van der Waals surface area contributed by atoms with Crippen molar-refractivity contribution in [3.8, 4) is 0 Å². The summed E-state index contributed by atoms with van der Waals surface area (Å²) in [5.41, 5.74) is 5.09. The largest absolute Gasteiger partial charge is 0.369 e. The fourth-order valence-electron chi connectivity index (χ4n) is 1.40. The standard InChI is InChI=1S/C8H9FN4O/c1-2-13-3-4(9)5-6(13)11-8(10)12-7(5)14/h3H,2H2,1H3,(H3,10,11,12,14). The average Bonchev–Trinajstić information content (AvgIpc) is 2.42. The van der Waals surface area contributed by atoms with Gasteiger partial charge < -0.3 is 10.3 Å². The van der Waals surface area contributed by atoms with Crippen molar-refractivity contribution in [1.82, 2.24) is 14.5 Å². The zero-order chi connectivity index (χ0) is 10.3. The minimum atomic E-state index is -0.574. The van der Waals surface area contributed by atoms with Crippen molar-refractivity contribution >= 4 is 17.0 Å². The topological polar surface area (TPSA) is 76.7 Å². The van der Waals surface area contributed by atoms with Gasteiger partial charge >= 0.3 is 0 Å². The molecule has 2 heterocycles. The highest BCUT2D eigenvalue weighted by atomic mass is 19.1. The molecular weight excluding hydrogens is 187 g/mol. The van der Waals surface area contributed by atoms with Crippen molar-refractivity contribution in [2.24, 2.45) is 0 Å². The number of nitrogens with zero attached hydrogens (tertiary/aromatic N) is 2. The third kappa shape index (κ3) is 1.07. The summed E-state index contributed by atoms with van der Waals surface area (Å²) in [7, 11) is 0. The van der Waals surface area contributed by atoms with E-state index in [1.807, 2.05) is 6.92 Å². The van der Waals surface area contributed by atoms with Crippen LogP contribution in [0.25, 0.3) is 11.0 Å². The summed E-state index contributed by atoms with van der Waals surface area (Å²) in [4.78, 5) is 17.4. The fraction of sp³-hybridized carbons (Fsp3) is 0.250. The molecule has 0 spiro atoms. The highest BCUT2D eigenvalue weighted by Gasteiger charge is 2.12. The van der Waals surface area contributed by atoms with Gasteiger partial charge in [-0.3, -0.25) is 9.78 Å². The van der Waals surface area contributed by atoms with Crippen LogP contribution < -0.4 is 11.3 Å². The molecule has 0 saturated heterocycles. The van der Waals surface area contributed by atoms with Crippen molar-refractivity contribution in [3.05, 3.63) is 22.4 Å². The summed E-state index contributed by atoms with van der Waals surface area (Å²) < 4.78 is 14.8. The lowest BCUT2D eigenvalue weighted by Crippen LogP contribution is -2.12. The van der Waals surface area contributed by atoms with E-state index in [0.29, 0.717) is 6.54 Å². The third-order valence-corrected chi connectivity index (χ3v) is 2.04. The van der Waals surface area contributed by atoms with E-state index in [0.717, 1.165) is 0 Å². The Balaban J connectivity index is 2.96. The summed E-state index contributed by atoms with van der Waals surface area (Å²) in [5, 5.41) is -0.0407. The van der Waals surface area contributed by atoms with E-state index < -0.39 is 11.4 Å². The SMILES string of the molecule is CCn1cc(F)c2c(=O)[nH]c(N)nc21. The van der Waals surface area contributed by atoms with E-state index in [-0.39, 0.29) is 17.0 Å². The molecule has 6 heteroatoms. The Morgan fingerprint density at radius 2 is 2.43 bits per heavy atom. The van der Waals surface area contributed by atoms with Gasteiger partial charge in [-0.25, -0.2) is 4.39 Å².